The molecule has 0 radical (unpaired) electrons. The van der Waals surface area contributed by atoms with Crippen LogP contribution in [-0.4, -0.2) is 36.5 Å². The predicted octanol–water partition coefficient (Wildman–Crippen LogP) is 3.23. The Kier molecular flexibility index (Phi) is 8.62. The molecule has 1 heterocycles. The first kappa shape index (κ1) is 18.2. The van der Waals surface area contributed by atoms with Crippen molar-refractivity contribution in [3.8, 4) is 0 Å². The van der Waals surface area contributed by atoms with E-state index in [1.807, 2.05) is 6.08 Å². The molecular formula is C17H30O4. The van der Waals surface area contributed by atoms with Gasteiger partial charge in [-0.2, -0.15) is 0 Å². The predicted molar refractivity (Wildman–Crippen MR) is 83.0 cm³/mol. The Morgan fingerprint density at radius 2 is 2.24 bits per heavy atom. The van der Waals surface area contributed by atoms with Crippen LogP contribution in [0.2, 0.25) is 0 Å². The molecule has 0 bridgehead atoms. The third-order valence-electron chi connectivity index (χ3n) is 4.18. The number of cyclic esters (lactones) is 1. The quantitative estimate of drug-likeness (QED) is 0.497. The van der Waals surface area contributed by atoms with Crippen LogP contribution in [0.4, 0.5) is 0 Å². The van der Waals surface area contributed by atoms with E-state index in [0.29, 0.717) is 25.2 Å². The molecule has 0 saturated heterocycles. The van der Waals surface area contributed by atoms with E-state index in [0.717, 1.165) is 6.42 Å². The van der Waals surface area contributed by atoms with Gasteiger partial charge in [-0.05, 0) is 18.8 Å². The van der Waals surface area contributed by atoms with Crippen LogP contribution in [0.15, 0.2) is 12.2 Å². The number of unbranched alkanes of at least 4 members (excludes halogenated alkanes) is 2. The molecule has 1 N–H and O–H groups in total. The summed E-state index contributed by atoms with van der Waals surface area (Å²) in [5.74, 6) is 0.125. The molecule has 4 nitrogen and oxygen atoms in total. The maximum Gasteiger partial charge on any atom is 0.330 e. The number of aliphatic hydroxyl groups is 1. The van der Waals surface area contributed by atoms with E-state index in [1.54, 1.807) is 7.11 Å². The first-order valence-electron chi connectivity index (χ1n) is 8.14. The Morgan fingerprint density at radius 3 is 2.86 bits per heavy atom. The summed E-state index contributed by atoms with van der Waals surface area (Å²) < 4.78 is 10.7. The zero-order valence-electron chi connectivity index (χ0n) is 13.6. The fraction of sp³-hybridized carbons (Fsp3) is 0.824. The molecule has 0 amide bonds. The molecule has 0 spiro atoms. The van der Waals surface area contributed by atoms with Crippen molar-refractivity contribution in [1.82, 2.24) is 0 Å². The average molecular weight is 298 g/mol. The van der Waals surface area contributed by atoms with Crippen molar-refractivity contribution in [1.29, 1.82) is 0 Å². The minimum absolute atomic E-state index is 0.0618. The fourth-order valence-electron chi connectivity index (χ4n) is 2.84. The summed E-state index contributed by atoms with van der Waals surface area (Å²) in [7, 11) is 1.71. The molecule has 4 atom stereocenters. The van der Waals surface area contributed by atoms with Crippen molar-refractivity contribution in [3.63, 3.8) is 0 Å². The van der Waals surface area contributed by atoms with E-state index >= 15 is 0 Å². The molecular weight excluding hydrogens is 268 g/mol. The minimum Gasteiger partial charge on any atom is -0.459 e. The zero-order chi connectivity index (χ0) is 15.7. The number of methoxy groups -OCH3 is 1. The number of carbonyl (C=O) groups excluding carboxylic acids is 1. The molecule has 0 fully saturated rings. The zero-order valence-corrected chi connectivity index (χ0v) is 13.6. The number of ether oxygens (including phenoxy) is 2. The number of rotatable bonds is 10. The molecule has 4 heteroatoms. The Labute approximate surface area is 128 Å². The summed E-state index contributed by atoms with van der Waals surface area (Å²) in [6, 6.07) is 0. The highest BCUT2D eigenvalue weighted by atomic mass is 16.5. The van der Waals surface area contributed by atoms with Gasteiger partial charge >= 0.3 is 5.97 Å². The first-order chi connectivity index (χ1) is 10.1. The van der Waals surface area contributed by atoms with E-state index < -0.39 is 6.10 Å². The van der Waals surface area contributed by atoms with Crippen LogP contribution in [0, 0.1) is 5.92 Å². The topological polar surface area (TPSA) is 55.8 Å². The van der Waals surface area contributed by atoms with Gasteiger partial charge in [0.1, 0.15) is 6.10 Å². The molecule has 1 aliphatic rings. The van der Waals surface area contributed by atoms with Gasteiger partial charge in [0.05, 0.1) is 12.2 Å². The second-order valence-corrected chi connectivity index (χ2v) is 6.07. The summed E-state index contributed by atoms with van der Waals surface area (Å²) in [6.45, 7) is 4.38. The van der Waals surface area contributed by atoms with Crippen molar-refractivity contribution >= 4 is 5.97 Å². The normalized spacial score (nSPS) is 22.7. The highest BCUT2D eigenvalue weighted by Crippen LogP contribution is 2.22. The number of hydrogen-bond acceptors (Lipinski definition) is 4. The van der Waals surface area contributed by atoms with Gasteiger partial charge in [0.25, 0.3) is 0 Å². The Bertz CT molecular complexity index is 327. The van der Waals surface area contributed by atoms with Crippen LogP contribution in [-0.2, 0) is 14.3 Å². The Hall–Kier alpha value is -0.870. The van der Waals surface area contributed by atoms with E-state index in [9.17, 15) is 9.90 Å². The van der Waals surface area contributed by atoms with Gasteiger partial charge in [0, 0.05) is 26.0 Å². The lowest BCUT2D eigenvalue weighted by Crippen LogP contribution is -2.30. The van der Waals surface area contributed by atoms with Gasteiger partial charge in [-0.25, -0.2) is 4.79 Å². The first-order valence-corrected chi connectivity index (χ1v) is 8.14. The van der Waals surface area contributed by atoms with E-state index in [2.05, 4.69) is 13.8 Å². The van der Waals surface area contributed by atoms with Crippen molar-refractivity contribution in [3.05, 3.63) is 12.2 Å². The third kappa shape index (κ3) is 7.09. The SMILES string of the molecule is CCCCC[C@H](C)[C@H](C[C@H](O)C[C@@H]1CC=CC(=O)O1)OC. The molecule has 0 aromatic rings. The van der Waals surface area contributed by atoms with Crippen molar-refractivity contribution in [2.75, 3.05) is 7.11 Å². The molecule has 0 saturated carbocycles. The van der Waals surface area contributed by atoms with Crippen molar-refractivity contribution < 1.29 is 19.4 Å². The van der Waals surface area contributed by atoms with Crippen LogP contribution >= 0.6 is 0 Å². The molecule has 0 aliphatic carbocycles. The smallest absolute Gasteiger partial charge is 0.330 e. The van der Waals surface area contributed by atoms with Crippen LogP contribution in [0.1, 0.15) is 58.8 Å². The van der Waals surface area contributed by atoms with Gasteiger partial charge in [-0.3, -0.25) is 0 Å². The minimum atomic E-state index is -0.493. The lowest BCUT2D eigenvalue weighted by Gasteiger charge is -2.27. The molecule has 0 aromatic carbocycles. The molecule has 1 aliphatic heterocycles. The number of esters is 1. The Balaban J connectivity index is 2.34. The van der Waals surface area contributed by atoms with Crippen LogP contribution in [0.5, 0.6) is 0 Å². The summed E-state index contributed by atoms with van der Waals surface area (Å²) in [5, 5.41) is 10.2. The summed E-state index contributed by atoms with van der Waals surface area (Å²) >= 11 is 0. The monoisotopic (exact) mass is 298 g/mol. The standard InChI is InChI=1S/C17H30O4/c1-4-5-6-8-13(2)16(20-3)12-14(18)11-15-9-7-10-17(19)21-15/h7,10,13-16,18H,4-6,8-9,11-12H2,1-3H3/t13-,14+,15-,16-/m0/s1. The average Bonchev–Trinajstić information content (AvgIpc) is 2.44. The number of aliphatic hydroxyl groups excluding tert-OH is 1. The van der Waals surface area contributed by atoms with Crippen molar-refractivity contribution in [2.24, 2.45) is 5.92 Å². The van der Waals surface area contributed by atoms with Crippen LogP contribution in [0.3, 0.4) is 0 Å². The molecule has 21 heavy (non-hydrogen) atoms. The highest BCUT2D eigenvalue weighted by molar-refractivity contribution is 5.82. The van der Waals surface area contributed by atoms with E-state index in [-0.39, 0.29) is 18.2 Å². The van der Waals surface area contributed by atoms with Gasteiger partial charge in [0.2, 0.25) is 0 Å². The Morgan fingerprint density at radius 1 is 1.48 bits per heavy atom. The van der Waals surface area contributed by atoms with Crippen LogP contribution < -0.4 is 0 Å². The second kappa shape index (κ2) is 9.96. The lowest BCUT2D eigenvalue weighted by molar-refractivity contribution is -0.145. The van der Waals surface area contributed by atoms with Gasteiger partial charge < -0.3 is 14.6 Å². The van der Waals surface area contributed by atoms with E-state index in [1.165, 1.54) is 25.3 Å². The van der Waals surface area contributed by atoms with Gasteiger partial charge in [-0.1, -0.05) is 39.2 Å². The van der Waals surface area contributed by atoms with Crippen molar-refractivity contribution in [2.45, 2.75) is 77.1 Å². The molecule has 0 aromatic heterocycles. The van der Waals surface area contributed by atoms with Gasteiger partial charge in [0.15, 0.2) is 0 Å². The second-order valence-electron chi connectivity index (χ2n) is 6.07. The summed E-state index contributed by atoms with van der Waals surface area (Å²) in [4.78, 5) is 11.2. The summed E-state index contributed by atoms with van der Waals surface area (Å²) in [6.07, 6.45) is 9.18. The summed E-state index contributed by atoms with van der Waals surface area (Å²) in [5.41, 5.74) is 0. The van der Waals surface area contributed by atoms with Gasteiger partial charge in [-0.15, -0.1) is 0 Å². The molecule has 1 rings (SSSR count). The molecule has 0 unspecified atom stereocenters. The van der Waals surface area contributed by atoms with Crippen LogP contribution in [0.25, 0.3) is 0 Å². The highest BCUT2D eigenvalue weighted by Gasteiger charge is 2.24. The fourth-order valence-corrected chi connectivity index (χ4v) is 2.84. The number of hydrogen-bond donors (Lipinski definition) is 1. The lowest BCUT2D eigenvalue weighted by atomic mass is 9.91. The third-order valence-corrected chi connectivity index (χ3v) is 4.18. The van der Waals surface area contributed by atoms with E-state index in [4.69, 9.17) is 9.47 Å². The maximum atomic E-state index is 11.2. The largest absolute Gasteiger partial charge is 0.459 e. The molecule has 122 valence electrons. The maximum absolute atomic E-state index is 11.2. The number of carbonyl (C=O) groups is 1.